The number of primary amides is 1. The highest BCUT2D eigenvalue weighted by molar-refractivity contribution is 5.96. The third kappa shape index (κ3) is 2.25. The molecule has 0 fully saturated rings. The lowest BCUT2D eigenvalue weighted by molar-refractivity contribution is 0.1000. The Labute approximate surface area is 110 Å². The number of rotatable bonds is 3. The number of hydrogen-bond donors (Lipinski definition) is 1. The Bertz CT molecular complexity index is 736. The molecule has 4 nitrogen and oxygen atoms in total. The molecule has 1 aromatic carbocycles. The van der Waals surface area contributed by atoms with Gasteiger partial charge in [-0.3, -0.25) is 14.6 Å². The standard InChI is InChI=1S/C15H14N2O2/c1-3-9-5-6-13-12(14(18)11(9)4-2)7-10(8-17-13)15(16)19/h4-8H,2-3H2,1H3,(H2,16,19). The maximum Gasteiger partial charge on any atom is 0.250 e. The quantitative estimate of drug-likeness (QED) is 0.909. The molecule has 1 amide bonds. The normalized spacial score (nSPS) is 10.4. The van der Waals surface area contributed by atoms with Gasteiger partial charge in [0.15, 0.2) is 5.43 Å². The van der Waals surface area contributed by atoms with Crippen LogP contribution in [0.2, 0.25) is 0 Å². The Morgan fingerprint density at radius 2 is 2.21 bits per heavy atom. The van der Waals surface area contributed by atoms with Crippen LogP contribution in [0.15, 0.2) is 35.8 Å². The highest BCUT2D eigenvalue weighted by Gasteiger charge is 2.08. The third-order valence-corrected chi connectivity index (χ3v) is 3.07. The Morgan fingerprint density at radius 1 is 1.47 bits per heavy atom. The molecule has 0 aliphatic heterocycles. The van der Waals surface area contributed by atoms with Gasteiger partial charge in [0.25, 0.3) is 0 Å². The second-order valence-electron chi connectivity index (χ2n) is 4.18. The summed E-state index contributed by atoms with van der Waals surface area (Å²) in [5, 5.41) is 0.380. The molecule has 1 aromatic heterocycles. The molecule has 1 heterocycles. The van der Waals surface area contributed by atoms with Crippen LogP contribution in [0.5, 0.6) is 0 Å². The van der Waals surface area contributed by atoms with Gasteiger partial charge in [0, 0.05) is 17.1 Å². The first kappa shape index (κ1) is 13.0. The topological polar surface area (TPSA) is 73.0 Å². The number of nitrogens with zero attached hydrogens (tertiary/aromatic N) is 1. The molecule has 2 aromatic rings. The Kier molecular flexibility index (Phi) is 3.42. The summed E-state index contributed by atoms with van der Waals surface area (Å²) in [5.41, 5.74) is 7.24. The first-order chi connectivity index (χ1) is 9.08. The fourth-order valence-corrected chi connectivity index (χ4v) is 2.02. The molecule has 0 saturated heterocycles. The molecular formula is C15H14N2O2. The minimum absolute atomic E-state index is 0.178. The van der Waals surface area contributed by atoms with Crippen molar-refractivity contribution in [3.05, 3.63) is 57.9 Å². The molecule has 0 bridgehead atoms. The van der Waals surface area contributed by atoms with E-state index in [2.05, 4.69) is 11.6 Å². The molecule has 96 valence electrons. The maximum absolute atomic E-state index is 12.5. The van der Waals surface area contributed by atoms with Crippen LogP contribution >= 0.6 is 0 Å². The largest absolute Gasteiger partial charge is 0.366 e. The second kappa shape index (κ2) is 5.02. The number of pyridine rings is 1. The Morgan fingerprint density at radius 3 is 2.79 bits per heavy atom. The lowest BCUT2D eigenvalue weighted by atomic mass is 10.1. The number of amides is 1. The van der Waals surface area contributed by atoms with Crippen molar-refractivity contribution < 1.29 is 4.79 Å². The number of nitrogens with two attached hydrogens (primary N) is 1. The fraction of sp³-hybridized carbons (Fsp3) is 0.133. The molecule has 0 aliphatic rings. The van der Waals surface area contributed by atoms with E-state index in [0.717, 1.165) is 12.0 Å². The summed E-state index contributed by atoms with van der Waals surface area (Å²) in [6, 6.07) is 5.12. The summed E-state index contributed by atoms with van der Waals surface area (Å²) in [6.07, 6.45) is 3.64. The van der Waals surface area contributed by atoms with Crippen LogP contribution in [0, 0.1) is 0 Å². The van der Waals surface area contributed by atoms with E-state index in [-0.39, 0.29) is 11.0 Å². The lowest BCUT2D eigenvalue weighted by Gasteiger charge is -1.97. The smallest absolute Gasteiger partial charge is 0.250 e. The number of carbonyl (C=O) groups excluding carboxylic acids is 1. The van der Waals surface area contributed by atoms with Crippen LogP contribution < -0.4 is 11.2 Å². The second-order valence-corrected chi connectivity index (χ2v) is 4.18. The number of hydrogen-bond acceptors (Lipinski definition) is 3. The molecule has 2 N–H and O–H groups in total. The average molecular weight is 254 g/mol. The van der Waals surface area contributed by atoms with Crippen LogP contribution in [0.1, 0.15) is 28.4 Å². The summed E-state index contributed by atoms with van der Waals surface area (Å²) in [6.45, 7) is 5.65. The Hall–Kier alpha value is -2.49. The van der Waals surface area contributed by atoms with Gasteiger partial charge >= 0.3 is 0 Å². The summed E-state index contributed by atoms with van der Waals surface area (Å²) in [5.74, 6) is -0.601. The first-order valence-corrected chi connectivity index (χ1v) is 5.96. The van der Waals surface area contributed by atoms with Crippen LogP contribution in [0.25, 0.3) is 17.0 Å². The molecule has 2 rings (SSSR count). The molecule has 19 heavy (non-hydrogen) atoms. The van der Waals surface area contributed by atoms with Gasteiger partial charge in [-0.15, -0.1) is 0 Å². The van der Waals surface area contributed by atoms with E-state index >= 15 is 0 Å². The minimum atomic E-state index is -0.601. The maximum atomic E-state index is 12.5. The monoisotopic (exact) mass is 254 g/mol. The van der Waals surface area contributed by atoms with Crippen LogP contribution in [0.4, 0.5) is 0 Å². The van der Waals surface area contributed by atoms with Crippen LogP contribution in [-0.2, 0) is 6.42 Å². The van der Waals surface area contributed by atoms with Crippen molar-refractivity contribution in [2.75, 3.05) is 0 Å². The molecule has 0 radical (unpaired) electrons. The lowest BCUT2D eigenvalue weighted by Crippen LogP contribution is -2.12. The predicted molar refractivity (Wildman–Crippen MR) is 76.0 cm³/mol. The Balaban J connectivity index is 2.95. The van der Waals surface area contributed by atoms with Crippen molar-refractivity contribution >= 4 is 22.9 Å². The highest BCUT2D eigenvalue weighted by Crippen LogP contribution is 2.13. The van der Waals surface area contributed by atoms with E-state index in [9.17, 15) is 9.59 Å². The summed E-state index contributed by atoms with van der Waals surface area (Å²) < 4.78 is 0. The van der Waals surface area contributed by atoms with Crippen LogP contribution in [0.3, 0.4) is 0 Å². The van der Waals surface area contributed by atoms with E-state index < -0.39 is 5.91 Å². The molecule has 0 aliphatic carbocycles. The van der Waals surface area contributed by atoms with E-state index in [1.54, 1.807) is 6.07 Å². The molecular weight excluding hydrogens is 240 g/mol. The van der Waals surface area contributed by atoms with Gasteiger partial charge in [0.05, 0.1) is 11.1 Å². The fourth-order valence-electron chi connectivity index (χ4n) is 2.02. The van der Waals surface area contributed by atoms with Gasteiger partial charge in [-0.1, -0.05) is 25.6 Å². The van der Waals surface area contributed by atoms with Gasteiger partial charge < -0.3 is 5.73 Å². The average Bonchev–Trinajstić information content (AvgIpc) is 2.55. The predicted octanol–water partition coefficient (Wildman–Crippen LogP) is 1.90. The van der Waals surface area contributed by atoms with Gasteiger partial charge in [-0.2, -0.15) is 0 Å². The van der Waals surface area contributed by atoms with Crippen molar-refractivity contribution in [1.29, 1.82) is 0 Å². The number of carbonyl (C=O) groups is 1. The summed E-state index contributed by atoms with van der Waals surface area (Å²) >= 11 is 0. The van der Waals surface area contributed by atoms with Crippen molar-refractivity contribution in [3.8, 4) is 0 Å². The van der Waals surface area contributed by atoms with Gasteiger partial charge in [0.1, 0.15) is 0 Å². The number of aryl methyl sites for hydroxylation is 1. The van der Waals surface area contributed by atoms with E-state index in [4.69, 9.17) is 5.73 Å². The zero-order chi connectivity index (χ0) is 14.0. The minimum Gasteiger partial charge on any atom is -0.366 e. The van der Waals surface area contributed by atoms with Crippen molar-refractivity contribution in [2.45, 2.75) is 13.3 Å². The van der Waals surface area contributed by atoms with Crippen molar-refractivity contribution in [3.63, 3.8) is 0 Å². The molecule has 0 spiro atoms. The van der Waals surface area contributed by atoms with Gasteiger partial charge in [-0.05, 0) is 24.1 Å². The molecule has 0 atom stereocenters. The zero-order valence-corrected chi connectivity index (χ0v) is 10.6. The summed E-state index contributed by atoms with van der Waals surface area (Å²) in [7, 11) is 0. The van der Waals surface area contributed by atoms with Crippen LogP contribution in [-0.4, -0.2) is 10.9 Å². The molecule has 0 unspecified atom stereocenters. The molecule has 0 saturated carbocycles. The third-order valence-electron chi connectivity index (χ3n) is 3.07. The SMILES string of the molecule is C=Cc1c(CC)ccc2ncc(C(N)=O)cc2c1=O. The first-order valence-electron chi connectivity index (χ1n) is 5.96. The van der Waals surface area contributed by atoms with Crippen molar-refractivity contribution in [2.24, 2.45) is 5.73 Å². The van der Waals surface area contributed by atoms with Crippen molar-refractivity contribution in [1.82, 2.24) is 4.98 Å². The van der Waals surface area contributed by atoms with Gasteiger partial charge in [-0.25, -0.2) is 0 Å². The number of aromatic nitrogens is 1. The van der Waals surface area contributed by atoms with E-state index in [1.165, 1.54) is 18.3 Å². The van der Waals surface area contributed by atoms with E-state index in [1.807, 2.05) is 13.0 Å². The number of fused-ring (bicyclic) bond motifs is 1. The molecule has 4 heteroatoms. The summed E-state index contributed by atoms with van der Waals surface area (Å²) in [4.78, 5) is 27.7. The zero-order valence-electron chi connectivity index (χ0n) is 10.6. The van der Waals surface area contributed by atoms with Gasteiger partial charge in [0.2, 0.25) is 5.91 Å². The van der Waals surface area contributed by atoms with E-state index in [0.29, 0.717) is 16.5 Å². The highest BCUT2D eigenvalue weighted by atomic mass is 16.1.